The minimum absolute atomic E-state index is 0.296. The van der Waals surface area contributed by atoms with Crippen LogP contribution in [-0.4, -0.2) is 16.3 Å². The summed E-state index contributed by atoms with van der Waals surface area (Å²) in [6.07, 6.45) is 1.39. The highest BCUT2D eigenvalue weighted by Crippen LogP contribution is 2.22. The third-order valence-corrected chi connectivity index (χ3v) is 1.65. The van der Waals surface area contributed by atoms with Crippen LogP contribution in [0.2, 0.25) is 0 Å². The zero-order valence-electron chi connectivity index (χ0n) is 6.41. The number of rotatable bonds is 1. The molecule has 0 radical (unpaired) electrons. The maximum atomic E-state index is 12.7. The van der Waals surface area contributed by atoms with Crippen molar-refractivity contribution in [3.05, 3.63) is 24.0 Å². The molecular formula is C8H4FN3O. The predicted molar refractivity (Wildman–Crippen MR) is 43.8 cm³/mol. The molecule has 0 unspecified atom stereocenters. The van der Waals surface area contributed by atoms with Gasteiger partial charge in [-0.3, -0.25) is 5.10 Å². The van der Waals surface area contributed by atoms with Crippen LogP contribution >= 0.6 is 0 Å². The molecule has 4 nitrogen and oxygen atoms in total. The second-order valence-electron chi connectivity index (χ2n) is 2.44. The zero-order chi connectivity index (χ0) is 9.26. The maximum Gasteiger partial charge on any atom is 0.242 e. The third-order valence-electron chi connectivity index (χ3n) is 1.65. The van der Waals surface area contributed by atoms with Crippen LogP contribution in [0.3, 0.4) is 0 Å². The first kappa shape index (κ1) is 7.64. The molecule has 0 saturated carbocycles. The minimum atomic E-state index is -0.374. The number of aliphatic imine (C=N–C) groups is 1. The molecule has 0 fully saturated rings. The van der Waals surface area contributed by atoms with Crippen LogP contribution in [0.4, 0.5) is 10.2 Å². The van der Waals surface area contributed by atoms with Gasteiger partial charge in [-0.2, -0.15) is 5.10 Å². The number of isocyanates is 1. The number of hydrogen-bond donors (Lipinski definition) is 1. The molecule has 0 amide bonds. The Kier molecular flexibility index (Phi) is 1.65. The number of nitrogens with one attached hydrogen (secondary N) is 1. The van der Waals surface area contributed by atoms with E-state index in [-0.39, 0.29) is 5.82 Å². The standard InChI is InChI=1S/C8H4FN3O/c9-5-1-2-6-7(3-5)11-12-8(6)10-4-13/h1-3H,(H,11,12). The lowest BCUT2D eigenvalue weighted by Crippen LogP contribution is -1.72. The lowest BCUT2D eigenvalue weighted by atomic mass is 10.2. The van der Waals surface area contributed by atoms with Gasteiger partial charge in [0.1, 0.15) is 5.82 Å². The lowest BCUT2D eigenvalue weighted by molar-refractivity contribution is 0.565. The Bertz CT molecular complexity index is 499. The van der Waals surface area contributed by atoms with Gasteiger partial charge in [-0.25, -0.2) is 9.18 Å². The third kappa shape index (κ3) is 1.21. The summed E-state index contributed by atoms with van der Waals surface area (Å²) >= 11 is 0. The van der Waals surface area contributed by atoms with E-state index in [0.29, 0.717) is 16.7 Å². The van der Waals surface area contributed by atoms with Gasteiger partial charge in [-0.15, -0.1) is 4.99 Å². The molecule has 0 aliphatic heterocycles. The number of H-pyrrole nitrogens is 1. The Balaban J connectivity index is 2.75. The van der Waals surface area contributed by atoms with Gasteiger partial charge in [0.25, 0.3) is 0 Å². The van der Waals surface area contributed by atoms with E-state index in [9.17, 15) is 9.18 Å². The number of halogens is 1. The molecule has 1 N–H and O–H groups in total. The molecule has 1 aromatic heterocycles. The van der Waals surface area contributed by atoms with E-state index < -0.39 is 0 Å². The van der Waals surface area contributed by atoms with Crippen LogP contribution in [0.5, 0.6) is 0 Å². The number of fused-ring (bicyclic) bond motifs is 1. The van der Waals surface area contributed by atoms with Gasteiger partial charge in [0.2, 0.25) is 6.08 Å². The van der Waals surface area contributed by atoms with Gasteiger partial charge in [-0.1, -0.05) is 0 Å². The van der Waals surface area contributed by atoms with Crippen molar-refractivity contribution < 1.29 is 9.18 Å². The monoisotopic (exact) mass is 177 g/mol. The first-order chi connectivity index (χ1) is 6.31. The first-order valence-corrected chi connectivity index (χ1v) is 3.53. The average molecular weight is 177 g/mol. The van der Waals surface area contributed by atoms with Crippen molar-refractivity contribution in [1.82, 2.24) is 10.2 Å². The number of carbonyl (C=O) groups excluding carboxylic acids is 1. The molecule has 5 heteroatoms. The Morgan fingerprint density at radius 2 is 2.38 bits per heavy atom. The van der Waals surface area contributed by atoms with Crippen molar-refractivity contribution >= 4 is 22.8 Å². The summed E-state index contributed by atoms with van der Waals surface area (Å²) in [5.41, 5.74) is 0.439. The van der Waals surface area contributed by atoms with Gasteiger partial charge >= 0.3 is 0 Å². The minimum Gasteiger partial charge on any atom is -0.259 e. The number of benzene rings is 1. The van der Waals surface area contributed by atoms with Crippen molar-refractivity contribution in [2.24, 2.45) is 4.99 Å². The number of aromatic nitrogens is 2. The summed E-state index contributed by atoms with van der Waals surface area (Å²) in [6, 6.07) is 4.04. The molecule has 0 saturated heterocycles. The molecule has 2 aromatic rings. The van der Waals surface area contributed by atoms with E-state index >= 15 is 0 Å². The van der Waals surface area contributed by atoms with Crippen LogP contribution in [-0.2, 0) is 4.79 Å². The van der Waals surface area contributed by atoms with Crippen molar-refractivity contribution in [3.8, 4) is 0 Å². The summed E-state index contributed by atoms with van der Waals surface area (Å²) < 4.78 is 12.7. The van der Waals surface area contributed by atoms with Crippen LogP contribution in [0.25, 0.3) is 10.9 Å². The summed E-state index contributed by atoms with van der Waals surface area (Å²) in [7, 11) is 0. The highest BCUT2D eigenvalue weighted by atomic mass is 19.1. The Morgan fingerprint density at radius 1 is 1.54 bits per heavy atom. The smallest absolute Gasteiger partial charge is 0.242 e. The molecule has 0 bridgehead atoms. The van der Waals surface area contributed by atoms with Gasteiger partial charge in [0.15, 0.2) is 5.82 Å². The molecule has 1 aromatic carbocycles. The second kappa shape index (κ2) is 2.80. The molecule has 13 heavy (non-hydrogen) atoms. The van der Waals surface area contributed by atoms with Gasteiger partial charge < -0.3 is 0 Å². The number of hydrogen-bond acceptors (Lipinski definition) is 3. The van der Waals surface area contributed by atoms with E-state index in [0.717, 1.165) is 0 Å². The second-order valence-corrected chi connectivity index (χ2v) is 2.44. The van der Waals surface area contributed by atoms with Crippen molar-refractivity contribution in [3.63, 3.8) is 0 Å². The van der Waals surface area contributed by atoms with E-state index in [1.165, 1.54) is 24.3 Å². The maximum absolute atomic E-state index is 12.7. The first-order valence-electron chi connectivity index (χ1n) is 3.53. The van der Waals surface area contributed by atoms with Crippen molar-refractivity contribution in [2.75, 3.05) is 0 Å². The zero-order valence-corrected chi connectivity index (χ0v) is 6.41. The largest absolute Gasteiger partial charge is 0.259 e. The fraction of sp³-hybridized carbons (Fsp3) is 0. The lowest BCUT2D eigenvalue weighted by Gasteiger charge is -1.87. The molecule has 2 rings (SSSR count). The summed E-state index contributed by atoms with van der Waals surface area (Å²) in [4.78, 5) is 13.3. The summed E-state index contributed by atoms with van der Waals surface area (Å²) in [6.45, 7) is 0. The summed E-state index contributed by atoms with van der Waals surface area (Å²) in [5, 5.41) is 6.86. The van der Waals surface area contributed by atoms with Crippen LogP contribution in [0.15, 0.2) is 23.2 Å². The van der Waals surface area contributed by atoms with E-state index in [2.05, 4.69) is 15.2 Å². The Labute approximate surface area is 72.1 Å². The Morgan fingerprint density at radius 3 is 3.15 bits per heavy atom. The van der Waals surface area contributed by atoms with Crippen LogP contribution < -0.4 is 0 Å². The molecule has 1 heterocycles. The van der Waals surface area contributed by atoms with Crippen molar-refractivity contribution in [2.45, 2.75) is 0 Å². The highest BCUT2D eigenvalue weighted by molar-refractivity contribution is 5.88. The van der Waals surface area contributed by atoms with E-state index in [1.54, 1.807) is 0 Å². The normalized spacial score (nSPS) is 9.92. The summed E-state index contributed by atoms with van der Waals surface area (Å²) in [5.74, 6) is -0.0781. The predicted octanol–water partition coefficient (Wildman–Crippen LogP) is 1.67. The molecule has 0 aliphatic carbocycles. The van der Waals surface area contributed by atoms with E-state index in [4.69, 9.17) is 0 Å². The number of nitrogens with zero attached hydrogens (tertiary/aromatic N) is 2. The highest BCUT2D eigenvalue weighted by Gasteiger charge is 2.04. The molecular weight excluding hydrogens is 173 g/mol. The van der Waals surface area contributed by atoms with E-state index in [1.807, 2.05) is 0 Å². The molecule has 0 atom stereocenters. The fourth-order valence-electron chi connectivity index (χ4n) is 1.10. The Hall–Kier alpha value is -2.00. The molecule has 64 valence electrons. The van der Waals surface area contributed by atoms with Gasteiger partial charge in [-0.05, 0) is 12.1 Å². The number of aromatic amines is 1. The molecule has 0 spiro atoms. The van der Waals surface area contributed by atoms with Crippen LogP contribution in [0.1, 0.15) is 0 Å². The fourth-order valence-corrected chi connectivity index (χ4v) is 1.10. The quantitative estimate of drug-likeness (QED) is 0.532. The van der Waals surface area contributed by atoms with Crippen molar-refractivity contribution in [1.29, 1.82) is 0 Å². The SMILES string of the molecule is O=C=Nc1[nH]nc2cc(F)ccc12. The topological polar surface area (TPSA) is 58.1 Å². The average Bonchev–Trinajstić information content (AvgIpc) is 2.49. The van der Waals surface area contributed by atoms with Gasteiger partial charge in [0, 0.05) is 11.5 Å². The molecule has 0 aliphatic rings. The van der Waals surface area contributed by atoms with Crippen LogP contribution in [0, 0.1) is 5.82 Å². The van der Waals surface area contributed by atoms with Gasteiger partial charge in [0.05, 0.1) is 5.52 Å².